The second-order valence-electron chi connectivity index (χ2n) is 6.28. The maximum atomic E-state index is 11.8. The molecular weight excluding hydrogens is 258 g/mol. The van der Waals surface area contributed by atoms with Gasteiger partial charge in [-0.3, -0.25) is 4.90 Å². The SMILES string of the molecule is CCCCCOC(=O)C(C)N(C)C(=O)OCC(C)(C)C. The minimum absolute atomic E-state index is 0.0968. The molecule has 0 aromatic rings. The van der Waals surface area contributed by atoms with Crippen LogP contribution in [0.4, 0.5) is 4.79 Å². The molecule has 0 heterocycles. The lowest BCUT2D eigenvalue weighted by molar-refractivity contribution is -0.148. The largest absolute Gasteiger partial charge is 0.464 e. The molecule has 0 aliphatic heterocycles. The number of carbonyl (C=O) groups is 2. The van der Waals surface area contributed by atoms with Gasteiger partial charge in [-0.05, 0) is 18.8 Å². The minimum Gasteiger partial charge on any atom is -0.464 e. The number of hydrogen-bond acceptors (Lipinski definition) is 4. The first kappa shape index (κ1) is 18.7. The van der Waals surface area contributed by atoms with Crippen LogP contribution in [0, 0.1) is 5.41 Å². The van der Waals surface area contributed by atoms with E-state index < -0.39 is 18.1 Å². The highest BCUT2D eigenvalue weighted by Gasteiger charge is 2.25. The Morgan fingerprint density at radius 1 is 1.15 bits per heavy atom. The lowest BCUT2D eigenvalue weighted by Gasteiger charge is -2.25. The molecule has 0 saturated carbocycles. The Bertz CT molecular complexity index is 309. The van der Waals surface area contributed by atoms with Crippen molar-refractivity contribution in [2.24, 2.45) is 5.41 Å². The quantitative estimate of drug-likeness (QED) is 0.533. The first-order valence-corrected chi connectivity index (χ1v) is 7.25. The summed E-state index contributed by atoms with van der Waals surface area (Å²) in [5.41, 5.74) is -0.0968. The van der Waals surface area contributed by atoms with Gasteiger partial charge in [0.15, 0.2) is 0 Å². The van der Waals surface area contributed by atoms with E-state index in [0.29, 0.717) is 13.2 Å². The fourth-order valence-electron chi connectivity index (χ4n) is 1.34. The average molecular weight is 287 g/mol. The molecule has 0 bridgehead atoms. The van der Waals surface area contributed by atoms with Gasteiger partial charge in [-0.25, -0.2) is 9.59 Å². The second-order valence-corrected chi connectivity index (χ2v) is 6.28. The standard InChI is InChI=1S/C15H29NO4/c1-7-8-9-10-19-13(17)12(2)16(6)14(18)20-11-15(3,4)5/h12H,7-11H2,1-6H3. The van der Waals surface area contributed by atoms with Gasteiger partial charge in [-0.1, -0.05) is 40.5 Å². The van der Waals surface area contributed by atoms with Crippen molar-refractivity contribution >= 4 is 12.1 Å². The summed E-state index contributed by atoms with van der Waals surface area (Å²) in [6.45, 7) is 10.4. The van der Waals surface area contributed by atoms with Crippen molar-refractivity contribution in [2.75, 3.05) is 20.3 Å². The number of unbranched alkanes of at least 4 members (excludes halogenated alkanes) is 2. The van der Waals surface area contributed by atoms with Gasteiger partial charge in [-0.2, -0.15) is 0 Å². The Labute approximate surface area is 122 Å². The maximum absolute atomic E-state index is 11.8. The molecule has 0 fully saturated rings. The molecule has 5 heteroatoms. The van der Waals surface area contributed by atoms with E-state index in [2.05, 4.69) is 6.92 Å². The first-order valence-electron chi connectivity index (χ1n) is 7.25. The van der Waals surface area contributed by atoms with Crippen molar-refractivity contribution in [3.8, 4) is 0 Å². The highest BCUT2D eigenvalue weighted by Crippen LogP contribution is 2.14. The molecule has 5 nitrogen and oxygen atoms in total. The van der Waals surface area contributed by atoms with Gasteiger partial charge in [-0.15, -0.1) is 0 Å². The summed E-state index contributed by atoms with van der Waals surface area (Å²) in [7, 11) is 1.54. The third kappa shape index (κ3) is 8.02. The summed E-state index contributed by atoms with van der Waals surface area (Å²) < 4.78 is 10.3. The molecule has 1 amide bonds. The van der Waals surface area contributed by atoms with E-state index in [1.54, 1.807) is 14.0 Å². The molecule has 0 saturated heterocycles. The van der Waals surface area contributed by atoms with Crippen LogP contribution in [0.2, 0.25) is 0 Å². The molecule has 0 aliphatic carbocycles. The average Bonchev–Trinajstić information content (AvgIpc) is 2.38. The normalized spacial score (nSPS) is 12.7. The number of ether oxygens (including phenoxy) is 2. The summed E-state index contributed by atoms with van der Waals surface area (Å²) in [5, 5.41) is 0. The van der Waals surface area contributed by atoms with Gasteiger partial charge >= 0.3 is 12.1 Å². The fourth-order valence-corrected chi connectivity index (χ4v) is 1.34. The topological polar surface area (TPSA) is 55.8 Å². The summed E-state index contributed by atoms with van der Waals surface area (Å²) >= 11 is 0. The molecule has 0 rings (SSSR count). The van der Waals surface area contributed by atoms with E-state index >= 15 is 0 Å². The van der Waals surface area contributed by atoms with E-state index in [1.807, 2.05) is 20.8 Å². The fraction of sp³-hybridized carbons (Fsp3) is 0.867. The Hall–Kier alpha value is -1.26. The zero-order valence-corrected chi connectivity index (χ0v) is 13.7. The third-order valence-corrected chi connectivity index (χ3v) is 2.83. The minimum atomic E-state index is -0.635. The van der Waals surface area contributed by atoms with Crippen LogP contribution in [0.3, 0.4) is 0 Å². The van der Waals surface area contributed by atoms with Crippen molar-refractivity contribution < 1.29 is 19.1 Å². The highest BCUT2D eigenvalue weighted by atomic mass is 16.6. The molecule has 1 unspecified atom stereocenters. The molecule has 0 aromatic carbocycles. The Morgan fingerprint density at radius 3 is 2.25 bits per heavy atom. The number of amides is 1. The highest BCUT2D eigenvalue weighted by molar-refractivity contribution is 5.80. The summed E-state index contributed by atoms with van der Waals surface area (Å²) in [4.78, 5) is 24.9. The van der Waals surface area contributed by atoms with Gasteiger partial charge in [0.1, 0.15) is 6.04 Å². The van der Waals surface area contributed by atoms with E-state index in [9.17, 15) is 9.59 Å². The molecule has 0 spiro atoms. The Balaban J connectivity index is 4.14. The van der Waals surface area contributed by atoms with Crippen LogP contribution < -0.4 is 0 Å². The van der Waals surface area contributed by atoms with Gasteiger partial charge < -0.3 is 9.47 Å². The number of nitrogens with zero attached hydrogens (tertiary/aromatic N) is 1. The van der Waals surface area contributed by atoms with Crippen LogP contribution in [0.15, 0.2) is 0 Å². The zero-order chi connectivity index (χ0) is 15.8. The van der Waals surface area contributed by atoms with Gasteiger partial charge in [0.05, 0.1) is 13.2 Å². The van der Waals surface area contributed by atoms with Gasteiger partial charge in [0.2, 0.25) is 0 Å². The molecule has 0 radical (unpaired) electrons. The van der Waals surface area contributed by atoms with Gasteiger partial charge in [0.25, 0.3) is 0 Å². The lowest BCUT2D eigenvalue weighted by atomic mass is 9.99. The third-order valence-electron chi connectivity index (χ3n) is 2.83. The Morgan fingerprint density at radius 2 is 1.75 bits per heavy atom. The van der Waals surface area contributed by atoms with Crippen LogP contribution in [0.5, 0.6) is 0 Å². The molecular formula is C15H29NO4. The van der Waals surface area contributed by atoms with Crippen LogP contribution in [-0.4, -0.2) is 43.3 Å². The predicted octanol–water partition coefficient (Wildman–Crippen LogP) is 3.22. The smallest absolute Gasteiger partial charge is 0.410 e. The summed E-state index contributed by atoms with van der Waals surface area (Å²) in [6, 6.07) is -0.635. The first-order chi connectivity index (χ1) is 9.19. The number of likely N-dealkylation sites (N-methyl/N-ethyl adjacent to an activating group) is 1. The number of rotatable bonds is 7. The molecule has 0 aromatic heterocycles. The Kier molecular flexibility index (Phi) is 8.26. The van der Waals surface area contributed by atoms with E-state index in [-0.39, 0.29) is 5.41 Å². The van der Waals surface area contributed by atoms with E-state index in [0.717, 1.165) is 19.3 Å². The number of hydrogen-bond donors (Lipinski definition) is 0. The summed E-state index contributed by atoms with van der Waals surface area (Å²) in [5.74, 6) is -0.392. The number of esters is 1. The molecule has 1 atom stereocenters. The molecule has 0 N–H and O–H groups in total. The number of carbonyl (C=O) groups excluding carboxylic acids is 2. The molecule has 20 heavy (non-hydrogen) atoms. The lowest BCUT2D eigenvalue weighted by Crippen LogP contribution is -2.42. The van der Waals surface area contributed by atoms with Crippen LogP contribution >= 0.6 is 0 Å². The van der Waals surface area contributed by atoms with Crippen molar-refractivity contribution in [1.82, 2.24) is 4.90 Å². The monoisotopic (exact) mass is 287 g/mol. The van der Waals surface area contributed by atoms with Gasteiger partial charge in [0, 0.05) is 7.05 Å². The summed E-state index contributed by atoms with van der Waals surface area (Å²) in [6.07, 6.45) is 2.46. The van der Waals surface area contributed by atoms with Crippen molar-refractivity contribution in [3.63, 3.8) is 0 Å². The van der Waals surface area contributed by atoms with E-state index in [1.165, 1.54) is 4.90 Å². The zero-order valence-electron chi connectivity index (χ0n) is 13.7. The van der Waals surface area contributed by atoms with Crippen LogP contribution in [0.25, 0.3) is 0 Å². The van der Waals surface area contributed by atoms with Crippen molar-refractivity contribution in [3.05, 3.63) is 0 Å². The van der Waals surface area contributed by atoms with Crippen LogP contribution in [-0.2, 0) is 14.3 Å². The van der Waals surface area contributed by atoms with Crippen molar-refractivity contribution in [1.29, 1.82) is 0 Å². The molecule has 0 aliphatic rings. The van der Waals surface area contributed by atoms with Crippen LogP contribution in [0.1, 0.15) is 53.9 Å². The van der Waals surface area contributed by atoms with Crippen molar-refractivity contribution in [2.45, 2.75) is 59.9 Å². The van der Waals surface area contributed by atoms with E-state index in [4.69, 9.17) is 9.47 Å². The maximum Gasteiger partial charge on any atom is 0.410 e. The predicted molar refractivity (Wildman–Crippen MR) is 78.5 cm³/mol. The second kappa shape index (κ2) is 8.82. The molecule has 118 valence electrons.